The van der Waals surface area contributed by atoms with Crippen LogP contribution in [-0.2, 0) is 22.6 Å². The fourth-order valence-electron chi connectivity index (χ4n) is 4.27. The van der Waals surface area contributed by atoms with Crippen molar-refractivity contribution in [1.82, 2.24) is 4.90 Å². The highest BCUT2D eigenvalue weighted by Gasteiger charge is 2.10. The van der Waals surface area contributed by atoms with E-state index < -0.39 is 11.9 Å². The molecular weight excluding hydrogens is 466 g/mol. The van der Waals surface area contributed by atoms with E-state index in [4.69, 9.17) is 14.9 Å². The van der Waals surface area contributed by atoms with Gasteiger partial charge in [0.1, 0.15) is 12.4 Å². The van der Waals surface area contributed by atoms with E-state index in [1.54, 1.807) is 0 Å². The third-order valence-corrected chi connectivity index (χ3v) is 6.36. The van der Waals surface area contributed by atoms with Crippen LogP contribution >= 0.6 is 0 Å². The normalized spacial score (nSPS) is 10.9. The van der Waals surface area contributed by atoms with Gasteiger partial charge in [-0.1, -0.05) is 72.8 Å². The van der Waals surface area contributed by atoms with Crippen LogP contribution in [0.5, 0.6) is 5.75 Å². The number of hydrogen-bond donors (Lipinski definition) is 2. The van der Waals surface area contributed by atoms with Crippen molar-refractivity contribution >= 4 is 11.9 Å². The summed E-state index contributed by atoms with van der Waals surface area (Å²) in [5, 5.41) is 17.8. The van der Waals surface area contributed by atoms with Crippen LogP contribution in [0.2, 0.25) is 0 Å². The largest absolute Gasteiger partial charge is 0.489 e. The Morgan fingerprint density at radius 2 is 1.22 bits per heavy atom. The van der Waals surface area contributed by atoms with Gasteiger partial charge in [-0.25, -0.2) is 0 Å². The van der Waals surface area contributed by atoms with Crippen molar-refractivity contribution in [2.24, 2.45) is 0 Å². The van der Waals surface area contributed by atoms with Gasteiger partial charge in [-0.2, -0.15) is 0 Å². The molecule has 0 fully saturated rings. The first-order valence-electron chi connectivity index (χ1n) is 13.0. The Morgan fingerprint density at radius 1 is 0.649 bits per heavy atom. The first-order chi connectivity index (χ1) is 18.0. The van der Waals surface area contributed by atoms with Crippen LogP contribution in [0.25, 0.3) is 11.1 Å². The first-order valence-corrected chi connectivity index (χ1v) is 13.0. The van der Waals surface area contributed by atoms with E-state index in [1.165, 1.54) is 11.1 Å². The van der Waals surface area contributed by atoms with Gasteiger partial charge in [-0.15, -0.1) is 0 Å². The molecule has 0 aromatic heterocycles. The SMILES string of the molecule is O=C(O)CCCCN(CCCCC(=O)O)CCc1ccccc1OCc1ccc(-c2ccccc2)cc1. The van der Waals surface area contributed by atoms with Crippen LogP contribution in [0.15, 0.2) is 78.9 Å². The van der Waals surface area contributed by atoms with E-state index in [0.717, 1.165) is 55.8 Å². The average Bonchev–Trinajstić information content (AvgIpc) is 2.91. The number of para-hydroxylation sites is 1. The molecule has 0 heterocycles. The van der Waals surface area contributed by atoms with Crippen LogP contribution in [0.1, 0.15) is 49.7 Å². The second kappa shape index (κ2) is 15.5. The van der Waals surface area contributed by atoms with Crippen molar-refractivity contribution < 1.29 is 24.5 Å². The predicted molar refractivity (Wildman–Crippen MR) is 146 cm³/mol. The highest BCUT2D eigenvalue weighted by Crippen LogP contribution is 2.23. The van der Waals surface area contributed by atoms with Crippen molar-refractivity contribution in [1.29, 1.82) is 0 Å². The molecule has 0 saturated carbocycles. The van der Waals surface area contributed by atoms with Crippen LogP contribution in [0, 0.1) is 0 Å². The number of hydrogen-bond acceptors (Lipinski definition) is 4. The summed E-state index contributed by atoms with van der Waals surface area (Å²) in [6.45, 7) is 2.90. The fraction of sp³-hybridized carbons (Fsp3) is 0.355. The van der Waals surface area contributed by atoms with Crippen molar-refractivity contribution in [2.45, 2.75) is 51.6 Å². The smallest absolute Gasteiger partial charge is 0.303 e. The van der Waals surface area contributed by atoms with Gasteiger partial charge in [0.2, 0.25) is 0 Å². The maximum Gasteiger partial charge on any atom is 0.303 e. The molecule has 3 aromatic rings. The zero-order chi connectivity index (χ0) is 26.3. The van der Waals surface area contributed by atoms with E-state index >= 15 is 0 Å². The Bertz CT molecular complexity index is 1080. The Kier molecular flexibility index (Phi) is 11.7. The molecule has 0 atom stereocenters. The summed E-state index contributed by atoms with van der Waals surface area (Å²) in [4.78, 5) is 24.0. The van der Waals surface area contributed by atoms with Crippen LogP contribution in [0.3, 0.4) is 0 Å². The zero-order valence-corrected chi connectivity index (χ0v) is 21.4. The number of carboxylic acid groups (broad SMARTS) is 2. The molecule has 0 radical (unpaired) electrons. The maximum atomic E-state index is 10.8. The number of nitrogens with zero attached hydrogens (tertiary/aromatic N) is 1. The molecule has 196 valence electrons. The molecule has 0 bridgehead atoms. The van der Waals surface area contributed by atoms with Crippen molar-refractivity contribution in [3.05, 3.63) is 90.0 Å². The minimum atomic E-state index is -0.770. The third kappa shape index (κ3) is 10.5. The highest BCUT2D eigenvalue weighted by molar-refractivity contribution is 5.67. The Hall–Kier alpha value is -3.64. The number of ether oxygens (including phenoxy) is 1. The summed E-state index contributed by atoms with van der Waals surface area (Å²) in [5.41, 5.74) is 4.60. The predicted octanol–water partition coefficient (Wildman–Crippen LogP) is 6.29. The summed E-state index contributed by atoms with van der Waals surface area (Å²) < 4.78 is 6.20. The van der Waals surface area contributed by atoms with E-state index in [2.05, 4.69) is 47.4 Å². The van der Waals surface area contributed by atoms with Gasteiger partial charge in [0.05, 0.1) is 0 Å². The van der Waals surface area contributed by atoms with Crippen molar-refractivity contribution in [3.63, 3.8) is 0 Å². The lowest BCUT2D eigenvalue weighted by Gasteiger charge is -2.23. The van der Waals surface area contributed by atoms with Gasteiger partial charge in [0.15, 0.2) is 0 Å². The van der Waals surface area contributed by atoms with E-state index in [9.17, 15) is 9.59 Å². The number of aliphatic carboxylic acids is 2. The van der Waals surface area contributed by atoms with Crippen LogP contribution < -0.4 is 4.74 Å². The Balaban J connectivity index is 1.54. The van der Waals surface area contributed by atoms with Gasteiger partial charge in [-0.3, -0.25) is 9.59 Å². The number of rotatable bonds is 17. The number of carboxylic acids is 2. The molecule has 6 heteroatoms. The summed E-state index contributed by atoms with van der Waals surface area (Å²) in [5.74, 6) is -0.672. The van der Waals surface area contributed by atoms with Crippen molar-refractivity contribution in [3.8, 4) is 16.9 Å². The molecule has 2 N–H and O–H groups in total. The molecule has 0 aliphatic rings. The fourth-order valence-corrected chi connectivity index (χ4v) is 4.27. The number of unbranched alkanes of at least 4 members (excludes halogenated alkanes) is 2. The lowest BCUT2D eigenvalue weighted by atomic mass is 10.0. The van der Waals surface area contributed by atoms with Gasteiger partial charge in [0, 0.05) is 19.4 Å². The number of carbonyl (C=O) groups is 2. The summed E-state index contributed by atoms with van der Waals surface area (Å²) in [6.07, 6.45) is 4.06. The minimum Gasteiger partial charge on any atom is -0.489 e. The molecule has 37 heavy (non-hydrogen) atoms. The van der Waals surface area contributed by atoms with E-state index in [1.807, 2.05) is 36.4 Å². The molecule has 0 aliphatic carbocycles. The monoisotopic (exact) mass is 503 g/mol. The topological polar surface area (TPSA) is 87.1 Å². The molecule has 0 unspecified atom stereocenters. The summed E-state index contributed by atoms with van der Waals surface area (Å²) in [7, 11) is 0. The molecular formula is C31H37NO5. The van der Waals surface area contributed by atoms with Crippen molar-refractivity contribution in [2.75, 3.05) is 19.6 Å². The molecule has 3 rings (SSSR count). The van der Waals surface area contributed by atoms with Crippen LogP contribution in [-0.4, -0.2) is 46.7 Å². The van der Waals surface area contributed by atoms with Gasteiger partial charge < -0.3 is 19.8 Å². The minimum absolute atomic E-state index is 0.176. The van der Waals surface area contributed by atoms with Gasteiger partial charge in [0.25, 0.3) is 0 Å². The molecule has 6 nitrogen and oxygen atoms in total. The molecule has 0 amide bonds. The molecule has 0 spiro atoms. The molecule has 0 aliphatic heterocycles. The maximum absolute atomic E-state index is 10.8. The Labute approximate surface area is 219 Å². The highest BCUT2D eigenvalue weighted by atomic mass is 16.5. The van der Waals surface area contributed by atoms with E-state index in [0.29, 0.717) is 19.4 Å². The zero-order valence-electron chi connectivity index (χ0n) is 21.4. The summed E-state index contributed by atoms with van der Waals surface area (Å²) in [6, 6.07) is 26.8. The number of benzene rings is 3. The second-order valence-electron chi connectivity index (χ2n) is 9.25. The summed E-state index contributed by atoms with van der Waals surface area (Å²) >= 11 is 0. The first kappa shape index (κ1) is 27.9. The second-order valence-corrected chi connectivity index (χ2v) is 9.25. The quantitative estimate of drug-likeness (QED) is 0.211. The standard InChI is InChI=1S/C31H37NO5/c33-30(34)14-6-8-21-32(22-9-7-15-31(35)36)23-20-28-12-4-5-13-29(28)37-24-25-16-18-27(19-17-25)26-10-2-1-3-11-26/h1-5,10-13,16-19H,6-9,14-15,20-24H2,(H,33,34)(H,35,36). The lowest BCUT2D eigenvalue weighted by Crippen LogP contribution is -2.28. The van der Waals surface area contributed by atoms with Gasteiger partial charge in [-0.05, 0) is 73.5 Å². The van der Waals surface area contributed by atoms with E-state index in [-0.39, 0.29) is 12.8 Å². The molecule has 0 saturated heterocycles. The average molecular weight is 504 g/mol. The van der Waals surface area contributed by atoms with Crippen LogP contribution in [0.4, 0.5) is 0 Å². The van der Waals surface area contributed by atoms with Gasteiger partial charge >= 0.3 is 11.9 Å². The lowest BCUT2D eigenvalue weighted by molar-refractivity contribution is -0.138. The third-order valence-electron chi connectivity index (χ3n) is 6.36. The molecule has 3 aromatic carbocycles. The Morgan fingerprint density at radius 3 is 1.84 bits per heavy atom.